The van der Waals surface area contributed by atoms with Gasteiger partial charge in [0.15, 0.2) is 25.2 Å². The van der Waals surface area contributed by atoms with Crippen LogP contribution in [-0.2, 0) is 37.9 Å². The molecule has 0 bridgehead atoms. The zero-order chi connectivity index (χ0) is 57.5. The van der Waals surface area contributed by atoms with E-state index in [2.05, 4.69) is 47.6 Å². The summed E-state index contributed by atoms with van der Waals surface area (Å²) in [5, 5.41) is 175. The predicted molar refractivity (Wildman–Crippen MR) is 268 cm³/mol. The van der Waals surface area contributed by atoms with E-state index in [0.29, 0.717) is 19.3 Å². The first-order valence-electron chi connectivity index (χ1n) is 28.0. The van der Waals surface area contributed by atoms with Crippen molar-refractivity contribution < 1.29 is 120 Å². The second-order valence-electron chi connectivity index (χ2n) is 25.9. The van der Waals surface area contributed by atoms with Crippen LogP contribution in [-0.4, -0.2) is 255 Å². The molecule has 4 aliphatic carbocycles. The Kier molecular flexibility index (Phi) is 19.1. The summed E-state index contributed by atoms with van der Waals surface area (Å²) >= 11 is 0. The van der Waals surface area contributed by atoms with E-state index in [-0.39, 0.29) is 46.3 Å². The Morgan fingerprint density at radius 2 is 1.09 bits per heavy atom. The van der Waals surface area contributed by atoms with Gasteiger partial charge in [-0.2, -0.15) is 0 Å². The van der Waals surface area contributed by atoms with Crippen molar-refractivity contribution in [2.75, 3.05) is 26.4 Å². The van der Waals surface area contributed by atoms with Crippen molar-refractivity contribution in [1.29, 1.82) is 0 Å². The van der Waals surface area contributed by atoms with Gasteiger partial charge in [-0.3, -0.25) is 0 Å². The minimum atomic E-state index is -2.09. The minimum absolute atomic E-state index is 0.0209. The van der Waals surface area contributed by atoms with Gasteiger partial charge in [-0.1, -0.05) is 53.2 Å². The van der Waals surface area contributed by atoms with Crippen LogP contribution in [0.3, 0.4) is 0 Å². The molecule has 8 rings (SSSR count). The Labute approximate surface area is 455 Å². The molecule has 7 fully saturated rings. The number of hydrogen-bond acceptors (Lipinski definition) is 24. The fraction of sp³-hybridized carbons (Fsp3) is 0.963. The van der Waals surface area contributed by atoms with Crippen LogP contribution in [0.4, 0.5) is 0 Å². The summed E-state index contributed by atoms with van der Waals surface area (Å²) in [6.45, 7) is 13.2. The first kappa shape index (κ1) is 62.8. The monoisotopic (exact) mass is 1120 g/mol. The smallest absolute Gasteiger partial charge is 0.187 e. The SMILES string of the molecule is C[C@H](CC[C@@H](O[C@@H]1O[C@H](CO[C@H]2O[C@H](CO)[C@@H](O)[C@H](O)[C@H]2O)[C@@H](O)[C@H](O)[C@H]1O[C@H]1O[C@@H](CO)[C@H](O[C@@H]2O[C@@H](CO)[C@H](O)[C@@H](O)[C@@H]2O)[C@@H](O)[C@@H]1O)C(C)(C)O)C1CC[C@@]2(C)C3CC=C4C(CC[C@H](O)C4(C)C)[C@]3(C)[C@H](O)C[C@]12C. The second kappa shape index (κ2) is 23.7. The third-order valence-corrected chi connectivity index (χ3v) is 20.8. The van der Waals surface area contributed by atoms with E-state index >= 15 is 0 Å². The van der Waals surface area contributed by atoms with Gasteiger partial charge < -0.3 is 120 Å². The van der Waals surface area contributed by atoms with Crippen molar-refractivity contribution in [3.63, 3.8) is 0 Å². The molecule has 24 heteroatoms. The summed E-state index contributed by atoms with van der Waals surface area (Å²) in [6.07, 6.45) is -30.0. The molecule has 16 N–H and O–H groups in total. The Hall–Kier alpha value is -1.22. The highest BCUT2D eigenvalue weighted by molar-refractivity contribution is 5.31. The zero-order valence-electron chi connectivity index (χ0n) is 46.1. The number of rotatable bonds is 17. The maximum atomic E-state index is 12.5. The third kappa shape index (κ3) is 11.0. The maximum Gasteiger partial charge on any atom is 0.187 e. The van der Waals surface area contributed by atoms with Crippen LogP contribution >= 0.6 is 0 Å². The molecule has 24 nitrogen and oxygen atoms in total. The van der Waals surface area contributed by atoms with Gasteiger partial charge in [0.05, 0.1) is 50.3 Å². The molecule has 0 radical (unpaired) electrons. The van der Waals surface area contributed by atoms with Gasteiger partial charge >= 0.3 is 0 Å². The van der Waals surface area contributed by atoms with Crippen molar-refractivity contribution in [3.05, 3.63) is 11.6 Å². The van der Waals surface area contributed by atoms with Gasteiger partial charge in [0.1, 0.15) is 97.7 Å². The number of hydrogen-bond donors (Lipinski definition) is 16. The molecule has 0 amide bonds. The van der Waals surface area contributed by atoms with E-state index in [9.17, 15) is 81.7 Å². The molecule has 0 spiro atoms. The lowest BCUT2D eigenvalue weighted by Gasteiger charge is -2.67. The van der Waals surface area contributed by atoms with Gasteiger partial charge in [0.2, 0.25) is 0 Å². The Morgan fingerprint density at radius 3 is 1.68 bits per heavy atom. The summed E-state index contributed by atoms with van der Waals surface area (Å²) < 4.78 is 47.2. The normalized spacial score (nSPS) is 51.4. The molecule has 0 aromatic heterocycles. The van der Waals surface area contributed by atoms with E-state index in [0.717, 1.165) is 25.7 Å². The van der Waals surface area contributed by atoms with E-state index < -0.39 is 179 Å². The van der Waals surface area contributed by atoms with Crippen LogP contribution in [0.1, 0.15) is 107 Å². The summed E-state index contributed by atoms with van der Waals surface area (Å²) in [5.41, 5.74) is -1.58. The molecule has 0 aromatic carbocycles. The lowest BCUT2D eigenvalue weighted by molar-refractivity contribution is -0.391. The molecule has 0 aromatic rings. The number of ether oxygens (including phenoxy) is 8. The van der Waals surface area contributed by atoms with Crippen LogP contribution in [0.5, 0.6) is 0 Å². The average Bonchev–Trinajstić information content (AvgIpc) is 3.86. The first-order valence-corrected chi connectivity index (χ1v) is 28.0. The molecule has 3 unspecified atom stereocenters. The highest BCUT2D eigenvalue weighted by Gasteiger charge is 2.70. The number of aliphatic hydroxyl groups is 16. The molecular formula is C54H92O24. The van der Waals surface area contributed by atoms with Crippen molar-refractivity contribution in [2.45, 2.75) is 253 Å². The topological polar surface area (TPSA) is 398 Å². The number of allylic oxidation sites excluding steroid dienone is 1. The summed E-state index contributed by atoms with van der Waals surface area (Å²) in [5.74, 6) is 0.494. The van der Waals surface area contributed by atoms with Crippen LogP contribution in [0.2, 0.25) is 0 Å². The second-order valence-corrected chi connectivity index (χ2v) is 25.9. The quantitative estimate of drug-likeness (QED) is 0.0637. The van der Waals surface area contributed by atoms with Gasteiger partial charge in [-0.15, -0.1) is 0 Å². The highest BCUT2D eigenvalue weighted by atomic mass is 16.8. The fourth-order valence-electron chi connectivity index (χ4n) is 15.5. The summed E-state index contributed by atoms with van der Waals surface area (Å²) in [7, 11) is 0. The number of fused-ring (bicyclic) bond motifs is 5. The molecule has 78 heavy (non-hydrogen) atoms. The average molecular weight is 1130 g/mol. The van der Waals surface area contributed by atoms with Crippen molar-refractivity contribution in [1.82, 2.24) is 0 Å². The fourth-order valence-corrected chi connectivity index (χ4v) is 15.5. The molecule has 30 atom stereocenters. The van der Waals surface area contributed by atoms with E-state index in [1.807, 2.05) is 0 Å². The predicted octanol–water partition coefficient (Wildman–Crippen LogP) is -3.23. The van der Waals surface area contributed by atoms with Gasteiger partial charge in [0, 0.05) is 10.8 Å². The Bertz CT molecular complexity index is 2020. The standard InChI is InChI=1S/C54H92O24/c1-22(23-15-16-52(6)30-12-10-24-25(11-13-31(58)50(24,2)3)54(30,8)32(59)17-53(23,52)7)9-14-33(51(4,5)70)76-49-45(39(65)36(62)29(75-49)21-71-46-41(67)37(63)34(60)26(18-55)72-46)78-48-43(69)40(66)44(28(20-57)74-48)77-47-42(68)38(64)35(61)27(19-56)73-47/h10,22-23,25-49,55-70H,9,11-21H2,1-8H3/t22-,23?,25?,26-,27+,28+,29-,30?,31+,32-,33-,34-,35+,36-,37+,38-,39+,40+,41-,42+,43+,44+,45-,46+,47+,48-,49+,52+,53-,54+/m1/s1. The summed E-state index contributed by atoms with van der Waals surface area (Å²) in [4.78, 5) is 0. The Balaban J connectivity index is 1.01. The van der Waals surface area contributed by atoms with E-state index in [1.54, 1.807) is 0 Å². The Morgan fingerprint density at radius 1 is 0.577 bits per heavy atom. The zero-order valence-corrected chi connectivity index (χ0v) is 46.1. The van der Waals surface area contributed by atoms with Crippen molar-refractivity contribution in [3.8, 4) is 0 Å². The molecular weight excluding hydrogens is 1030 g/mol. The molecule has 8 aliphatic rings. The highest BCUT2D eigenvalue weighted by Crippen LogP contribution is 2.75. The lowest BCUT2D eigenvalue weighted by Crippen LogP contribution is -2.67. The third-order valence-electron chi connectivity index (χ3n) is 20.8. The van der Waals surface area contributed by atoms with E-state index in [1.165, 1.54) is 19.4 Å². The first-order chi connectivity index (χ1) is 36.4. The molecule has 4 saturated heterocycles. The van der Waals surface area contributed by atoms with Crippen LogP contribution in [0.25, 0.3) is 0 Å². The van der Waals surface area contributed by atoms with E-state index in [4.69, 9.17) is 37.9 Å². The number of aliphatic hydroxyl groups excluding tert-OH is 15. The van der Waals surface area contributed by atoms with Crippen LogP contribution in [0.15, 0.2) is 11.6 Å². The van der Waals surface area contributed by atoms with Gasteiger partial charge in [-0.05, 0) is 99.7 Å². The van der Waals surface area contributed by atoms with Crippen LogP contribution < -0.4 is 0 Å². The molecule has 3 saturated carbocycles. The maximum absolute atomic E-state index is 12.5. The summed E-state index contributed by atoms with van der Waals surface area (Å²) in [6, 6.07) is 0. The molecule has 4 aliphatic heterocycles. The largest absolute Gasteiger partial charge is 0.394 e. The minimum Gasteiger partial charge on any atom is -0.394 e. The molecule has 452 valence electrons. The van der Waals surface area contributed by atoms with Gasteiger partial charge in [-0.25, -0.2) is 0 Å². The molecule has 4 heterocycles. The van der Waals surface area contributed by atoms with Crippen LogP contribution in [0, 0.1) is 45.3 Å². The van der Waals surface area contributed by atoms with Crippen molar-refractivity contribution in [2.24, 2.45) is 45.3 Å². The lowest BCUT2D eigenvalue weighted by atomic mass is 9.38. The van der Waals surface area contributed by atoms with Crippen molar-refractivity contribution >= 4 is 0 Å². The van der Waals surface area contributed by atoms with Gasteiger partial charge in [0.25, 0.3) is 0 Å².